The molecule has 0 aliphatic heterocycles. The Morgan fingerprint density at radius 3 is 2.64 bits per heavy atom. The van der Waals surface area contributed by atoms with Gasteiger partial charge in [-0.3, -0.25) is 25.1 Å². The molecule has 0 aliphatic carbocycles. The van der Waals surface area contributed by atoms with Crippen LogP contribution >= 0.6 is 11.6 Å². The summed E-state index contributed by atoms with van der Waals surface area (Å²) in [7, 11) is 0. The quantitative estimate of drug-likeness (QED) is 0.703. The van der Waals surface area contributed by atoms with Crippen LogP contribution in [0.3, 0.4) is 0 Å². The predicted molar refractivity (Wildman–Crippen MR) is 93.3 cm³/mol. The normalized spacial score (nSPS) is 10.9. The molecule has 0 unspecified atom stereocenters. The fourth-order valence-electron chi connectivity index (χ4n) is 2.62. The van der Waals surface area contributed by atoms with Crippen molar-refractivity contribution in [2.45, 2.75) is 27.3 Å². The van der Waals surface area contributed by atoms with Gasteiger partial charge in [0.15, 0.2) is 11.3 Å². The number of nitrogens with one attached hydrogen (secondary N) is 2. The molecular weight excluding hydrogens is 344 g/mol. The molecule has 3 aromatic rings. The van der Waals surface area contributed by atoms with Gasteiger partial charge in [-0.25, -0.2) is 0 Å². The molecule has 2 aromatic heterocycles. The zero-order valence-electron chi connectivity index (χ0n) is 14.0. The molecule has 1 aromatic carbocycles. The summed E-state index contributed by atoms with van der Waals surface area (Å²) in [4.78, 5) is 24.3. The first kappa shape index (κ1) is 17.0. The Kier molecular flexibility index (Phi) is 4.50. The van der Waals surface area contributed by atoms with Crippen LogP contribution in [0.1, 0.15) is 27.5 Å². The second kappa shape index (κ2) is 6.60. The molecule has 0 aliphatic rings. The molecular formula is C17H17ClN4O3. The number of nitrogens with zero attached hydrogens (tertiary/aromatic N) is 2. The third-order valence-corrected chi connectivity index (χ3v) is 4.13. The zero-order valence-corrected chi connectivity index (χ0v) is 14.8. The largest absolute Gasteiger partial charge is 0.449 e. The minimum Gasteiger partial charge on any atom is -0.449 e. The lowest BCUT2D eigenvalue weighted by atomic mass is 10.1. The van der Waals surface area contributed by atoms with Crippen LogP contribution in [0.4, 0.5) is 0 Å². The molecule has 0 fully saturated rings. The van der Waals surface area contributed by atoms with Crippen LogP contribution in [-0.2, 0) is 11.3 Å². The Morgan fingerprint density at radius 1 is 1.24 bits per heavy atom. The summed E-state index contributed by atoms with van der Waals surface area (Å²) in [5.74, 6) is -0.840. The van der Waals surface area contributed by atoms with Crippen molar-refractivity contribution < 1.29 is 14.0 Å². The molecule has 25 heavy (non-hydrogen) atoms. The van der Waals surface area contributed by atoms with Crippen molar-refractivity contribution in [3.05, 3.63) is 52.0 Å². The maximum Gasteiger partial charge on any atom is 0.305 e. The number of para-hydroxylation sites is 1. The van der Waals surface area contributed by atoms with E-state index in [0.717, 1.165) is 16.8 Å². The van der Waals surface area contributed by atoms with E-state index in [0.29, 0.717) is 16.2 Å². The van der Waals surface area contributed by atoms with Crippen molar-refractivity contribution >= 4 is 34.4 Å². The standard InChI is InChI=1S/C17H17ClN4O3/c1-9-7-10(2)22(21-9)8-14(23)19-20-17(24)15-11(3)12-5-4-6-13(18)16(12)25-15/h4-7H,8H2,1-3H3,(H,19,23)(H,20,24). The number of aromatic nitrogens is 2. The molecule has 2 amide bonds. The van der Waals surface area contributed by atoms with Gasteiger partial charge in [0.05, 0.1) is 10.7 Å². The number of amides is 2. The number of fused-ring (bicyclic) bond motifs is 1. The minimum atomic E-state index is -0.550. The van der Waals surface area contributed by atoms with Gasteiger partial charge in [0, 0.05) is 16.6 Å². The Balaban J connectivity index is 1.68. The molecule has 3 rings (SSSR count). The van der Waals surface area contributed by atoms with Crippen LogP contribution in [0.25, 0.3) is 11.0 Å². The summed E-state index contributed by atoms with van der Waals surface area (Å²) >= 11 is 6.08. The van der Waals surface area contributed by atoms with E-state index in [1.54, 1.807) is 23.7 Å². The molecule has 8 heteroatoms. The highest BCUT2D eigenvalue weighted by atomic mass is 35.5. The molecule has 0 bridgehead atoms. The van der Waals surface area contributed by atoms with E-state index in [-0.39, 0.29) is 12.3 Å². The Bertz CT molecular complexity index is 974. The monoisotopic (exact) mass is 360 g/mol. The van der Waals surface area contributed by atoms with Crippen LogP contribution in [0.5, 0.6) is 0 Å². The molecule has 0 saturated heterocycles. The Hall–Kier alpha value is -2.80. The third-order valence-electron chi connectivity index (χ3n) is 3.83. The van der Waals surface area contributed by atoms with Gasteiger partial charge in [-0.2, -0.15) is 5.10 Å². The van der Waals surface area contributed by atoms with Crippen molar-refractivity contribution in [1.82, 2.24) is 20.6 Å². The number of rotatable bonds is 3. The van der Waals surface area contributed by atoms with Gasteiger partial charge in [-0.1, -0.05) is 23.7 Å². The van der Waals surface area contributed by atoms with E-state index in [1.807, 2.05) is 26.0 Å². The summed E-state index contributed by atoms with van der Waals surface area (Å²) in [5, 5.41) is 5.38. The number of carbonyl (C=O) groups excluding carboxylic acids is 2. The topological polar surface area (TPSA) is 89.2 Å². The van der Waals surface area contributed by atoms with Gasteiger partial charge in [-0.15, -0.1) is 0 Å². The third kappa shape index (κ3) is 3.36. The molecule has 0 radical (unpaired) electrons. The highest BCUT2D eigenvalue weighted by Gasteiger charge is 2.19. The molecule has 0 saturated carbocycles. The van der Waals surface area contributed by atoms with E-state index < -0.39 is 11.8 Å². The second-order valence-electron chi connectivity index (χ2n) is 5.76. The van der Waals surface area contributed by atoms with E-state index in [2.05, 4.69) is 16.0 Å². The Morgan fingerprint density at radius 2 is 2.00 bits per heavy atom. The first-order valence-electron chi connectivity index (χ1n) is 7.64. The smallest absolute Gasteiger partial charge is 0.305 e. The average molecular weight is 361 g/mol. The number of hydrogen-bond acceptors (Lipinski definition) is 4. The van der Waals surface area contributed by atoms with Crippen LogP contribution in [-0.4, -0.2) is 21.6 Å². The lowest BCUT2D eigenvalue weighted by molar-refractivity contribution is -0.122. The summed E-state index contributed by atoms with van der Waals surface area (Å²) in [6.07, 6.45) is 0. The fourth-order valence-corrected chi connectivity index (χ4v) is 2.83. The van der Waals surface area contributed by atoms with Gasteiger partial charge in [0.1, 0.15) is 6.54 Å². The minimum absolute atomic E-state index is 0.00486. The van der Waals surface area contributed by atoms with E-state index >= 15 is 0 Å². The summed E-state index contributed by atoms with van der Waals surface area (Å²) in [6, 6.07) is 7.15. The average Bonchev–Trinajstić information content (AvgIpc) is 3.06. The van der Waals surface area contributed by atoms with Crippen LogP contribution in [0, 0.1) is 20.8 Å². The number of hydrogen-bond donors (Lipinski definition) is 2. The lowest BCUT2D eigenvalue weighted by Gasteiger charge is -2.07. The summed E-state index contributed by atoms with van der Waals surface area (Å²) in [5.41, 5.74) is 7.50. The van der Waals surface area contributed by atoms with E-state index in [9.17, 15) is 9.59 Å². The van der Waals surface area contributed by atoms with Crippen LogP contribution < -0.4 is 10.9 Å². The van der Waals surface area contributed by atoms with Gasteiger partial charge in [-0.05, 0) is 32.9 Å². The van der Waals surface area contributed by atoms with Gasteiger partial charge in [0.2, 0.25) is 0 Å². The molecule has 130 valence electrons. The van der Waals surface area contributed by atoms with Crippen molar-refractivity contribution in [3.8, 4) is 0 Å². The molecule has 0 atom stereocenters. The van der Waals surface area contributed by atoms with Crippen molar-refractivity contribution in [3.63, 3.8) is 0 Å². The van der Waals surface area contributed by atoms with Crippen molar-refractivity contribution in [1.29, 1.82) is 0 Å². The molecule has 7 nitrogen and oxygen atoms in total. The predicted octanol–water partition coefficient (Wildman–Crippen LogP) is 2.67. The first-order valence-corrected chi connectivity index (χ1v) is 8.02. The number of aryl methyl sites for hydroxylation is 3. The summed E-state index contributed by atoms with van der Waals surface area (Å²) < 4.78 is 7.11. The molecule has 2 N–H and O–H groups in total. The van der Waals surface area contributed by atoms with Gasteiger partial charge in [0.25, 0.3) is 5.91 Å². The number of carbonyl (C=O) groups is 2. The lowest BCUT2D eigenvalue weighted by Crippen LogP contribution is -2.43. The van der Waals surface area contributed by atoms with Gasteiger partial charge < -0.3 is 4.42 Å². The van der Waals surface area contributed by atoms with E-state index in [4.69, 9.17) is 16.0 Å². The number of furan rings is 1. The maximum atomic E-state index is 12.3. The number of hydrazine groups is 1. The number of halogens is 1. The maximum absolute atomic E-state index is 12.3. The molecule has 2 heterocycles. The van der Waals surface area contributed by atoms with Crippen molar-refractivity contribution in [2.24, 2.45) is 0 Å². The number of benzene rings is 1. The highest BCUT2D eigenvalue weighted by Crippen LogP contribution is 2.30. The van der Waals surface area contributed by atoms with E-state index in [1.165, 1.54) is 0 Å². The van der Waals surface area contributed by atoms with Crippen molar-refractivity contribution in [2.75, 3.05) is 0 Å². The fraction of sp³-hybridized carbons (Fsp3) is 0.235. The second-order valence-corrected chi connectivity index (χ2v) is 6.17. The van der Waals surface area contributed by atoms with Crippen LogP contribution in [0.15, 0.2) is 28.7 Å². The first-order chi connectivity index (χ1) is 11.9. The van der Waals surface area contributed by atoms with Gasteiger partial charge >= 0.3 is 5.91 Å². The summed E-state index contributed by atoms with van der Waals surface area (Å²) in [6.45, 7) is 5.46. The SMILES string of the molecule is Cc1cc(C)n(CC(=O)NNC(=O)c2oc3c(Cl)cccc3c2C)n1. The molecule has 0 spiro atoms. The zero-order chi connectivity index (χ0) is 18.1. The highest BCUT2D eigenvalue weighted by molar-refractivity contribution is 6.35. The van der Waals surface area contributed by atoms with Crippen LogP contribution in [0.2, 0.25) is 5.02 Å². The Labute approximate surface area is 148 Å².